The van der Waals surface area contributed by atoms with E-state index in [1.165, 1.54) is 24.3 Å². The molecule has 0 aliphatic heterocycles. The molecule has 0 bridgehead atoms. The van der Waals surface area contributed by atoms with E-state index < -0.39 is 33.4 Å². The number of hydrogen-bond donors (Lipinski definition) is 2. The summed E-state index contributed by atoms with van der Waals surface area (Å²) in [6.45, 7) is -0.273. The number of rotatable bonds is 8. The van der Waals surface area contributed by atoms with Crippen LogP contribution in [0.15, 0.2) is 41.3 Å². The van der Waals surface area contributed by atoms with Crippen molar-refractivity contribution in [2.45, 2.75) is 11.3 Å². The third kappa shape index (κ3) is 6.13. The van der Waals surface area contributed by atoms with Crippen LogP contribution in [0.5, 0.6) is 0 Å². The lowest BCUT2D eigenvalue weighted by atomic mass is 10.1. The number of primary sulfonamides is 1. The van der Waals surface area contributed by atoms with E-state index in [1.54, 1.807) is 12.1 Å². The fraction of sp³-hybridized carbons (Fsp3) is 0.200. The predicted molar refractivity (Wildman–Crippen MR) is 95.8 cm³/mol. The van der Waals surface area contributed by atoms with E-state index in [0.717, 1.165) is 5.56 Å². The Hall–Kier alpha value is -2.83. The summed E-state index contributed by atoms with van der Waals surface area (Å²) >= 11 is 0.662. The first kappa shape index (κ1) is 20.5. The second-order valence-electron chi connectivity index (χ2n) is 5.26. The molecule has 1 aromatic carbocycles. The first-order chi connectivity index (χ1) is 12.7. The van der Waals surface area contributed by atoms with Crippen LogP contribution < -0.4 is 10.5 Å². The second kappa shape index (κ2) is 8.70. The largest absolute Gasteiger partial charge is 0.451 e. The quantitative estimate of drug-likeness (QED) is 0.368. The van der Waals surface area contributed by atoms with Crippen LogP contribution in [-0.2, 0) is 26.0 Å². The number of nitrogens with two attached hydrogens (primary N) is 1. The Labute approximate surface area is 158 Å². The van der Waals surface area contributed by atoms with Gasteiger partial charge in [0.25, 0.3) is 5.91 Å². The van der Waals surface area contributed by atoms with Gasteiger partial charge in [0, 0.05) is 12.6 Å². The zero-order valence-electron chi connectivity index (χ0n) is 13.8. The molecule has 10 nitrogen and oxygen atoms in total. The Morgan fingerprint density at radius 3 is 2.41 bits per heavy atom. The topological polar surface area (TPSA) is 159 Å². The summed E-state index contributed by atoms with van der Waals surface area (Å²) < 4.78 is 27.1. The first-order valence-corrected chi connectivity index (χ1v) is 9.83. The number of nitrogens with one attached hydrogen (secondary N) is 1. The number of nitro groups is 1. The van der Waals surface area contributed by atoms with E-state index in [9.17, 15) is 28.1 Å². The summed E-state index contributed by atoms with van der Waals surface area (Å²) in [5.74, 6) is -1.35. The Kier molecular flexibility index (Phi) is 6.60. The van der Waals surface area contributed by atoms with Gasteiger partial charge in [-0.2, -0.15) is 0 Å². The van der Waals surface area contributed by atoms with Crippen molar-refractivity contribution in [2.24, 2.45) is 5.14 Å². The minimum Gasteiger partial charge on any atom is -0.451 e. The number of thiophene rings is 1. The van der Waals surface area contributed by atoms with Gasteiger partial charge in [0.15, 0.2) is 6.61 Å². The van der Waals surface area contributed by atoms with Crippen LogP contribution in [-0.4, -0.2) is 38.4 Å². The van der Waals surface area contributed by atoms with E-state index in [-0.39, 0.29) is 21.3 Å². The zero-order valence-corrected chi connectivity index (χ0v) is 15.4. The monoisotopic (exact) mass is 413 g/mol. The number of sulfonamides is 1. The SMILES string of the molecule is NS(=O)(=O)c1ccc(CCNC(=O)COC(=O)c2ccc([N+](=O)[O-])s2)cc1. The number of nitrogens with zero attached hydrogens (tertiary/aromatic N) is 1. The van der Waals surface area contributed by atoms with E-state index in [0.29, 0.717) is 17.8 Å². The molecule has 0 saturated heterocycles. The van der Waals surface area contributed by atoms with Crippen molar-refractivity contribution < 1.29 is 27.7 Å². The summed E-state index contributed by atoms with van der Waals surface area (Å²) in [5.41, 5.74) is 0.783. The molecule has 27 heavy (non-hydrogen) atoms. The summed E-state index contributed by atoms with van der Waals surface area (Å²) in [7, 11) is -3.75. The molecule has 0 unspecified atom stereocenters. The van der Waals surface area contributed by atoms with Crippen LogP contribution in [0, 0.1) is 10.1 Å². The van der Waals surface area contributed by atoms with Gasteiger partial charge in [-0.25, -0.2) is 18.4 Å². The van der Waals surface area contributed by atoms with Crippen molar-refractivity contribution in [1.82, 2.24) is 5.32 Å². The molecule has 0 fully saturated rings. The molecular formula is C15H15N3O7S2. The molecule has 0 radical (unpaired) electrons. The minimum atomic E-state index is -3.75. The lowest BCUT2D eigenvalue weighted by Crippen LogP contribution is -2.30. The van der Waals surface area contributed by atoms with Gasteiger partial charge in [0.1, 0.15) is 4.88 Å². The molecule has 1 heterocycles. The van der Waals surface area contributed by atoms with Gasteiger partial charge in [-0.3, -0.25) is 14.9 Å². The molecule has 1 aromatic heterocycles. The Balaban J connectivity index is 1.74. The molecule has 2 rings (SSSR count). The van der Waals surface area contributed by atoms with Crippen LogP contribution >= 0.6 is 11.3 Å². The van der Waals surface area contributed by atoms with E-state index in [1.807, 2.05) is 0 Å². The fourth-order valence-electron chi connectivity index (χ4n) is 1.98. The number of carbonyl (C=O) groups is 2. The maximum absolute atomic E-state index is 11.7. The van der Waals surface area contributed by atoms with Crippen molar-refractivity contribution in [1.29, 1.82) is 0 Å². The van der Waals surface area contributed by atoms with Crippen LogP contribution in [0.2, 0.25) is 0 Å². The number of amides is 1. The number of hydrogen-bond acceptors (Lipinski definition) is 8. The van der Waals surface area contributed by atoms with E-state index in [2.05, 4.69) is 5.32 Å². The lowest BCUT2D eigenvalue weighted by Gasteiger charge is -2.06. The van der Waals surface area contributed by atoms with Crippen LogP contribution in [0.25, 0.3) is 0 Å². The standard InChI is InChI=1S/C15H15N3O7S2/c16-27(23,24)11-3-1-10(2-4-11)7-8-17-13(19)9-25-15(20)12-5-6-14(26-12)18(21)22/h1-6H,7-9H2,(H,17,19)(H2,16,23,24). The van der Waals surface area contributed by atoms with E-state index >= 15 is 0 Å². The van der Waals surface area contributed by atoms with Crippen LogP contribution in [0.3, 0.4) is 0 Å². The van der Waals surface area contributed by atoms with Crippen molar-refractivity contribution >= 4 is 38.2 Å². The Morgan fingerprint density at radius 1 is 1.19 bits per heavy atom. The van der Waals surface area contributed by atoms with Crippen molar-refractivity contribution in [3.8, 4) is 0 Å². The average molecular weight is 413 g/mol. The van der Waals surface area contributed by atoms with Crippen molar-refractivity contribution in [2.75, 3.05) is 13.2 Å². The highest BCUT2D eigenvalue weighted by molar-refractivity contribution is 7.89. The Morgan fingerprint density at radius 2 is 1.85 bits per heavy atom. The van der Waals surface area contributed by atoms with Gasteiger partial charge in [-0.05, 0) is 30.2 Å². The molecule has 0 aliphatic rings. The molecule has 0 saturated carbocycles. The highest BCUT2D eigenvalue weighted by Crippen LogP contribution is 2.24. The van der Waals surface area contributed by atoms with Crippen LogP contribution in [0.1, 0.15) is 15.2 Å². The molecule has 0 aliphatic carbocycles. The number of esters is 1. The summed E-state index contributed by atoms with van der Waals surface area (Å²) in [5, 5.41) is 17.9. The molecule has 0 atom stereocenters. The average Bonchev–Trinajstić information content (AvgIpc) is 3.10. The molecule has 1 amide bonds. The van der Waals surface area contributed by atoms with Gasteiger partial charge in [0.2, 0.25) is 10.0 Å². The first-order valence-electron chi connectivity index (χ1n) is 7.46. The summed E-state index contributed by atoms with van der Waals surface area (Å²) in [6.07, 6.45) is 0.432. The lowest BCUT2D eigenvalue weighted by molar-refractivity contribution is -0.380. The molecule has 12 heteroatoms. The maximum atomic E-state index is 11.7. The second-order valence-corrected chi connectivity index (χ2v) is 7.88. The smallest absolute Gasteiger partial charge is 0.349 e. The molecule has 2 aromatic rings. The zero-order chi connectivity index (χ0) is 20.0. The van der Waals surface area contributed by atoms with Crippen molar-refractivity contribution in [3.05, 3.63) is 57.0 Å². The molecule has 3 N–H and O–H groups in total. The predicted octanol–water partition coefficient (Wildman–Crippen LogP) is 0.819. The summed E-state index contributed by atoms with van der Waals surface area (Å²) in [4.78, 5) is 33.4. The fourth-order valence-corrected chi connectivity index (χ4v) is 3.21. The highest BCUT2D eigenvalue weighted by Gasteiger charge is 2.17. The number of ether oxygens (including phenoxy) is 1. The minimum absolute atomic E-state index is 0.00369. The summed E-state index contributed by atoms with van der Waals surface area (Å²) in [6, 6.07) is 8.34. The normalized spacial score (nSPS) is 11.0. The van der Waals surface area contributed by atoms with Gasteiger partial charge in [-0.1, -0.05) is 23.5 Å². The highest BCUT2D eigenvalue weighted by atomic mass is 32.2. The Bertz CT molecular complexity index is 952. The van der Waals surface area contributed by atoms with E-state index in [4.69, 9.17) is 9.88 Å². The number of carbonyl (C=O) groups excluding carboxylic acids is 2. The van der Waals surface area contributed by atoms with Gasteiger partial charge >= 0.3 is 11.0 Å². The van der Waals surface area contributed by atoms with Crippen LogP contribution in [0.4, 0.5) is 5.00 Å². The van der Waals surface area contributed by atoms with Gasteiger partial charge in [0.05, 0.1) is 9.82 Å². The van der Waals surface area contributed by atoms with Crippen molar-refractivity contribution in [3.63, 3.8) is 0 Å². The third-order valence-electron chi connectivity index (χ3n) is 3.30. The molecule has 144 valence electrons. The number of benzene rings is 1. The van der Waals surface area contributed by atoms with Gasteiger partial charge in [-0.15, -0.1) is 0 Å². The molecule has 0 spiro atoms. The maximum Gasteiger partial charge on any atom is 0.349 e. The third-order valence-corrected chi connectivity index (χ3v) is 5.24. The van der Waals surface area contributed by atoms with Gasteiger partial charge < -0.3 is 10.1 Å². The molecular weight excluding hydrogens is 398 g/mol.